The van der Waals surface area contributed by atoms with Gasteiger partial charge in [-0.15, -0.1) is 11.3 Å². The van der Waals surface area contributed by atoms with Gasteiger partial charge in [-0.3, -0.25) is 14.8 Å². The molecule has 1 fully saturated rings. The average Bonchev–Trinajstić information content (AvgIpc) is 3.29. The van der Waals surface area contributed by atoms with E-state index < -0.39 is 0 Å². The maximum atomic E-state index is 12.6. The fraction of sp³-hybridized carbons (Fsp3) is 0.632. The summed E-state index contributed by atoms with van der Waals surface area (Å²) >= 11 is 1.64. The Labute approximate surface area is 158 Å². The minimum Gasteiger partial charge on any atom is -0.315 e. The molecule has 1 saturated heterocycles. The number of nitrogens with one attached hydrogen (secondary N) is 2. The third kappa shape index (κ3) is 3.83. The number of nitrogens with zero attached hydrogens (tertiary/aromatic N) is 3. The lowest BCUT2D eigenvalue weighted by molar-refractivity contribution is 0.102. The van der Waals surface area contributed by atoms with Gasteiger partial charge in [0, 0.05) is 17.6 Å². The van der Waals surface area contributed by atoms with Crippen molar-refractivity contribution in [2.75, 3.05) is 18.4 Å². The zero-order valence-electron chi connectivity index (χ0n) is 15.3. The molecule has 2 unspecified atom stereocenters. The number of thiazole rings is 1. The smallest absolute Gasteiger partial charge is 0.277 e. The summed E-state index contributed by atoms with van der Waals surface area (Å²) in [5.74, 6) is 0.611. The number of aryl methyl sites for hydroxylation is 1. The average molecular weight is 374 g/mol. The molecule has 2 aliphatic rings. The van der Waals surface area contributed by atoms with Gasteiger partial charge in [-0.2, -0.15) is 5.10 Å². The van der Waals surface area contributed by atoms with Gasteiger partial charge in [0.25, 0.3) is 5.91 Å². The largest absolute Gasteiger partial charge is 0.315 e. The molecule has 0 radical (unpaired) electrons. The van der Waals surface area contributed by atoms with Gasteiger partial charge in [-0.1, -0.05) is 19.8 Å². The van der Waals surface area contributed by atoms with Gasteiger partial charge in [0.15, 0.2) is 10.8 Å². The SMILES string of the molecule is CCCC1CCc2nc(NC(=O)c3ccn(C4CCCNC4)n3)sc2C1. The summed E-state index contributed by atoms with van der Waals surface area (Å²) in [5.41, 5.74) is 1.64. The predicted octanol–water partition coefficient (Wildman–Crippen LogP) is 3.42. The molecule has 140 valence electrons. The van der Waals surface area contributed by atoms with E-state index in [1.807, 2.05) is 10.9 Å². The van der Waals surface area contributed by atoms with Crippen molar-refractivity contribution in [3.05, 3.63) is 28.5 Å². The Hall–Kier alpha value is -1.73. The summed E-state index contributed by atoms with van der Waals surface area (Å²) in [6.45, 7) is 4.23. The second-order valence-electron chi connectivity index (χ2n) is 7.42. The summed E-state index contributed by atoms with van der Waals surface area (Å²) in [6, 6.07) is 2.14. The molecule has 3 heterocycles. The summed E-state index contributed by atoms with van der Waals surface area (Å²) in [5, 5.41) is 11.5. The van der Waals surface area contributed by atoms with Crippen molar-refractivity contribution < 1.29 is 4.79 Å². The number of carbonyl (C=O) groups is 1. The number of piperidine rings is 1. The van der Waals surface area contributed by atoms with Gasteiger partial charge >= 0.3 is 0 Å². The number of hydrogen-bond acceptors (Lipinski definition) is 5. The van der Waals surface area contributed by atoms with Crippen molar-refractivity contribution in [3.63, 3.8) is 0 Å². The molecule has 26 heavy (non-hydrogen) atoms. The van der Waals surface area contributed by atoms with Crippen molar-refractivity contribution in [3.8, 4) is 0 Å². The van der Waals surface area contributed by atoms with E-state index in [1.165, 1.54) is 29.8 Å². The first kappa shape index (κ1) is 17.7. The van der Waals surface area contributed by atoms with Crippen molar-refractivity contribution in [1.82, 2.24) is 20.1 Å². The Bertz CT molecular complexity index is 762. The number of hydrogen-bond donors (Lipinski definition) is 2. The summed E-state index contributed by atoms with van der Waals surface area (Å²) in [7, 11) is 0. The van der Waals surface area contributed by atoms with Crippen LogP contribution in [-0.2, 0) is 12.8 Å². The van der Waals surface area contributed by atoms with Crippen LogP contribution in [0.15, 0.2) is 12.3 Å². The summed E-state index contributed by atoms with van der Waals surface area (Å²) < 4.78 is 1.92. The molecular formula is C19H27N5OS. The molecule has 7 heteroatoms. The molecule has 0 saturated carbocycles. The lowest BCUT2D eigenvalue weighted by atomic mass is 9.88. The predicted molar refractivity (Wildman–Crippen MR) is 104 cm³/mol. The first-order chi connectivity index (χ1) is 12.7. The molecule has 6 nitrogen and oxygen atoms in total. The minimum atomic E-state index is -0.163. The first-order valence-electron chi connectivity index (χ1n) is 9.78. The van der Waals surface area contributed by atoms with Crippen LogP contribution < -0.4 is 10.6 Å². The lowest BCUT2D eigenvalue weighted by Crippen LogP contribution is -2.32. The fourth-order valence-corrected chi connectivity index (χ4v) is 5.15. The molecule has 4 rings (SSSR count). The molecule has 0 spiro atoms. The summed E-state index contributed by atoms with van der Waals surface area (Å²) in [4.78, 5) is 18.6. The summed E-state index contributed by atoms with van der Waals surface area (Å²) in [6.07, 6.45) is 10.1. The van der Waals surface area contributed by atoms with E-state index in [9.17, 15) is 4.79 Å². The van der Waals surface area contributed by atoms with E-state index in [1.54, 1.807) is 17.4 Å². The third-order valence-corrected chi connectivity index (χ3v) is 6.48. The van der Waals surface area contributed by atoms with E-state index in [0.717, 1.165) is 44.7 Å². The molecule has 1 aliphatic carbocycles. The molecule has 0 aromatic carbocycles. The Morgan fingerprint density at radius 1 is 1.46 bits per heavy atom. The van der Waals surface area contributed by atoms with Gasteiger partial charge in [0.1, 0.15) is 0 Å². The second-order valence-corrected chi connectivity index (χ2v) is 8.51. The van der Waals surface area contributed by atoms with Crippen molar-refractivity contribution >= 4 is 22.4 Å². The highest BCUT2D eigenvalue weighted by Crippen LogP contribution is 2.34. The van der Waals surface area contributed by atoms with E-state index in [2.05, 4.69) is 27.6 Å². The van der Waals surface area contributed by atoms with Gasteiger partial charge in [-0.25, -0.2) is 4.98 Å². The zero-order valence-corrected chi connectivity index (χ0v) is 16.1. The molecule has 2 aromatic rings. The van der Waals surface area contributed by atoms with E-state index in [4.69, 9.17) is 0 Å². The van der Waals surface area contributed by atoms with Crippen molar-refractivity contribution in [2.24, 2.45) is 5.92 Å². The number of aromatic nitrogens is 3. The fourth-order valence-electron chi connectivity index (χ4n) is 4.03. The van der Waals surface area contributed by atoms with Crippen LogP contribution in [0.5, 0.6) is 0 Å². The van der Waals surface area contributed by atoms with Crippen LogP contribution >= 0.6 is 11.3 Å². The molecule has 2 atom stereocenters. The van der Waals surface area contributed by atoms with E-state index in [0.29, 0.717) is 16.9 Å². The molecule has 1 amide bonds. The highest BCUT2D eigenvalue weighted by atomic mass is 32.1. The van der Waals surface area contributed by atoms with Gasteiger partial charge in [0.2, 0.25) is 0 Å². The maximum absolute atomic E-state index is 12.6. The normalized spacial score (nSPS) is 22.8. The van der Waals surface area contributed by atoms with Crippen molar-refractivity contribution in [2.45, 2.75) is 57.9 Å². The topological polar surface area (TPSA) is 71.8 Å². The van der Waals surface area contributed by atoms with E-state index in [-0.39, 0.29) is 5.91 Å². The number of rotatable bonds is 5. The Kier molecular flexibility index (Phi) is 5.36. The second kappa shape index (κ2) is 7.88. The van der Waals surface area contributed by atoms with Crippen LogP contribution in [0.1, 0.15) is 66.1 Å². The number of carbonyl (C=O) groups excluding carboxylic acids is 1. The molecule has 1 aliphatic heterocycles. The molecular weight excluding hydrogens is 346 g/mol. The van der Waals surface area contributed by atoms with Gasteiger partial charge in [0.05, 0.1) is 11.7 Å². The maximum Gasteiger partial charge on any atom is 0.277 e. The third-order valence-electron chi connectivity index (χ3n) is 5.45. The number of amides is 1. The van der Waals surface area contributed by atoms with E-state index >= 15 is 0 Å². The quantitative estimate of drug-likeness (QED) is 0.842. The van der Waals surface area contributed by atoms with Crippen LogP contribution in [0.4, 0.5) is 5.13 Å². The van der Waals surface area contributed by atoms with Crippen LogP contribution in [0.25, 0.3) is 0 Å². The standard InChI is InChI=1S/C19H27N5OS/c1-2-4-13-6-7-15-17(11-13)26-19(21-15)22-18(25)16-8-10-24(23-16)14-5-3-9-20-12-14/h8,10,13-14,20H,2-7,9,11-12H2,1H3,(H,21,22,25). The number of fused-ring (bicyclic) bond motifs is 1. The zero-order chi connectivity index (χ0) is 17.9. The van der Waals surface area contributed by atoms with Crippen LogP contribution in [0.2, 0.25) is 0 Å². The minimum absolute atomic E-state index is 0.163. The highest BCUT2D eigenvalue weighted by molar-refractivity contribution is 7.15. The van der Waals surface area contributed by atoms with Gasteiger partial charge in [-0.05, 0) is 50.6 Å². The molecule has 0 bridgehead atoms. The molecule has 2 aromatic heterocycles. The van der Waals surface area contributed by atoms with Crippen LogP contribution in [-0.4, -0.2) is 33.8 Å². The first-order valence-corrected chi connectivity index (χ1v) is 10.6. The van der Waals surface area contributed by atoms with Crippen molar-refractivity contribution in [1.29, 1.82) is 0 Å². The Morgan fingerprint density at radius 2 is 2.38 bits per heavy atom. The Morgan fingerprint density at radius 3 is 3.19 bits per heavy atom. The monoisotopic (exact) mass is 373 g/mol. The lowest BCUT2D eigenvalue weighted by Gasteiger charge is -2.22. The van der Waals surface area contributed by atoms with Crippen LogP contribution in [0, 0.1) is 5.92 Å². The van der Waals surface area contributed by atoms with Gasteiger partial charge < -0.3 is 5.32 Å². The Balaban J connectivity index is 1.40. The van der Waals surface area contributed by atoms with Crippen LogP contribution in [0.3, 0.4) is 0 Å². The number of anilines is 1. The molecule has 2 N–H and O–H groups in total. The highest BCUT2D eigenvalue weighted by Gasteiger charge is 2.23.